The Hall–Kier alpha value is -7.95. The third-order valence-corrected chi connectivity index (χ3v) is 29.2. The van der Waals surface area contributed by atoms with E-state index < -0.39 is 56.9 Å². The molecule has 0 heterocycles. The number of aromatic hydroxyl groups is 7. The number of carboxylic acids is 5. The van der Waals surface area contributed by atoms with Crippen LogP contribution in [0.4, 0.5) is 0 Å². The number of carboxylic acid groups (broad SMARTS) is 5. The van der Waals surface area contributed by atoms with Crippen LogP contribution in [-0.4, -0.2) is 91.1 Å². The molecule has 17 nitrogen and oxygen atoms in total. The molecule has 0 fully saturated rings. The second-order valence-corrected chi connectivity index (χ2v) is 51.2. The smallest absolute Gasteiger partial charge is 0.309 e. The summed E-state index contributed by atoms with van der Waals surface area (Å²) >= 11 is 0. The van der Waals surface area contributed by atoms with E-state index in [1.807, 2.05) is 33.8 Å². The molecule has 0 aliphatic heterocycles. The van der Waals surface area contributed by atoms with E-state index in [4.69, 9.17) is 0 Å². The van der Waals surface area contributed by atoms with Crippen LogP contribution in [0.1, 0.15) is 506 Å². The molecular weight excluding hydrogens is 1760 g/mol. The van der Waals surface area contributed by atoms with Gasteiger partial charge < -0.3 is 61.3 Å². The van der Waals surface area contributed by atoms with Gasteiger partial charge in [0.15, 0.2) is 23.0 Å². The largest absolute Gasteiger partial charge is 0.508 e. The van der Waals surface area contributed by atoms with Crippen LogP contribution in [0, 0.1) is 95.7 Å². The number of rotatable bonds is 58. The first kappa shape index (κ1) is 131. The van der Waals surface area contributed by atoms with E-state index in [1.54, 1.807) is 69.9 Å². The van der Waals surface area contributed by atoms with Crippen molar-refractivity contribution in [2.45, 2.75) is 523 Å². The number of hydrogen-bond donors (Lipinski definition) is 12. The summed E-state index contributed by atoms with van der Waals surface area (Å²) in [6.07, 6.45) is 47.9. The summed E-state index contributed by atoms with van der Waals surface area (Å²) in [4.78, 5) is 56.0. The zero-order chi connectivity index (χ0) is 108. The molecule has 0 aromatic heterocycles. The molecular formula is C124H208O17. The van der Waals surface area contributed by atoms with Crippen LogP contribution >= 0.6 is 0 Å². The number of carbonyl (C=O) groups is 5. The highest BCUT2D eigenvalue weighted by molar-refractivity contribution is 5.75. The average molecular weight is 1970 g/mol. The molecule has 806 valence electrons. The second kappa shape index (κ2) is 62.1. The van der Waals surface area contributed by atoms with Crippen molar-refractivity contribution in [3.05, 3.63) is 131 Å². The number of aliphatic carboxylic acids is 5. The summed E-state index contributed by atoms with van der Waals surface area (Å²) < 4.78 is 0. The predicted octanol–water partition coefficient (Wildman–Crippen LogP) is 34.3. The molecule has 0 aliphatic carbocycles. The Kier molecular flexibility index (Phi) is 57.8. The van der Waals surface area contributed by atoms with Crippen molar-refractivity contribution in [2.24, 2.45) is 54.1 Å². The van der Waals surface area contributed by atoms with E-state index >= 15 is 0 Å². The van der Waals surface area contributed by atoms with Crippen LogP contribution in [0.15, 0.2) is 42.5 Å². The highest BCUT2D eigenvalue weighted by Gasteiger charge is 2.32. The van der Waals surface area contributed by atoms with Gasteiger partial charge in [-0.2, -0.15) is 0 Å². The summed E-state index contributed by atoms with van der Waals surface area (Å²) in [6, 6.07) is 13.0. The highest BCUT2D eigenvalue weighted by atomic mass is 16.4. The number of phenolic OH excluding ortho intramolecular Hbond substituents is 7. The fourth-order valence-corrected chi connectivity index (χ4v) is 18.6. The van der Waals surface area contributed by atoms with Gasteiger partial charge in [0.2, 0.25) is 0 Å². The SMILES string of the molecule is CC(C)(C)CCCCCCc1cccc(O)c1CCCCCCC(C)(C)C(=O)O.CC(C)(C)CCCCc1c(O)c(O)cc(O)c1CCCCCC(C)(C)C(=O)O.CC(C)(C)CCCCc1c(O)cc(O)c(O)c1CCCCCC(C)(C)C(=O)O.Cc1cc(C)c(CCCCC(C)(C)C)c(CCCCCC(C)(C)C(=O)O)c1C.Cc1cc(C)c(CCCCCC(C)(C)C(=O)O)c(CCCCC(C)(C)C)c1C. The zero-order valence-corrected chi connectivity index (χ0v) is 95.4. The third kappa shape index (κ3) is 53.6. The molecule has 17 heteroatoms. The maximum Gasteiger partial charge on any atom is 0.309 e. The van der Waals surface area contributed by atoms with Crippen molar-refractivity contribution in [3.63, 3.8) is 0 Å². The van der Waals surface area contributed by atoms with Crippen LogP contribution in [0.2, 0.25) is 0 Å². The van der Waals surface area contributed by atoms with E-state index in [2.05, 4.69) is 164 Å². The summed E-state index contributed by atoms with van der Waals surface area (Å²) in [7, 11) is 0. The molecule has 141 heavy (non-hydrogen) atoms. The van der Waals surface area contributed by atoms with Gasteiger partial charge in [-0.25, -0.2) is 0 Å². The maximum atomic E-state index is 11.3. The van der Waals surface area contributed by atoms with Gasteiger partial charge in [0.05, 0.1) is 27.1 Å². The fourth-order valence-electron chi connectivity index (χ4n) is 18.6. The standard InChI is InChI=1S/C26H44O3.2C26H44O2.2C23H38O5/c1-25(2,3)19-12-8-6-10-15-21-16-14-18-23(27)22(21)17-11-7-9-13-20-26(4,5)24(28)29;1-19-18-20(2)22(14-11-13-16-25(4,5)6)23(21(19)3)15-10-9-12-17-26(7,8)24(27)28;1-19-18-20(2)22(14-10-9-12-17-26(7,8)24(27)28)23(21(19)3)15-11-13-16-25(4,5)6;1-22(2,3)13-10-8-11-16-17(20(26)19(25)15-18(16)24)12-7-6-9-14-23(4,5)21(27)28;1-22(2,3)13-10-8-12-17-16(18(24)15-19(25)20(17)26)11-7-6-9-14-23(4,5)21(27)28/h14,16,18,27H,6-13,15,17,19-20H2,1-5H3,(H,28,29);2*18H,9-17H2,1-8H3,(H,27,28);2*15,24-26H,6-14H2,1-5H3,(H,27,28). The lowest BCUT2D eigenvalue weighted by Crippen LogP contribution is -2.23. The summed E-state index contributed by atoms with van der Waals surface area (Å²) in [6.45, 7) is 65.4. The van der Waals surface area contributed by atoms with Crippen LogP contribution in [-0.2, 0) is 88.2 Å². The predicted molar refractivity (Wildman–Crippen MR) is 589 cm³/mol. The van der Waals surface area contributed by atoms with Crippen LogP contribution in [0.5, 0.6) is 40.2 Å². The molecule has 12 N–H and O–H groups in total. The Bertz CT molecular complexity index is 4320. The van der Waals surface area contributed by atoms with Crippen molar-refractivity contribution in [2.75, 3.05) is 0 Å². The first-order valence-electron chi connectivity index (χ1n) is 54.6. The van der Waals surface area contributed by atoms with Crippen LogP contribution < -0.4 is 0 Å². The van der Waals surface area contributed by atoms with Gasteiger partial charge in [0.25, 0.3) is 0 Å². The van der Waals surface area contributed by atoms with Crippen molar-refractivity contribution >= 4 is 29.8 Å². The summed E-state index contributed by atoms with van der Waals surface area (Å²) in [5, 5.41) is 117. The molecule has 5 aromatic rings. The molecule has 5 aromatic carbocycles. The van der Waals surface area contributed by atoms with Crippen molar-refractivity contribution in [3.8, 4) is 40.2 Å². The molecule has 0 atom stereocenters. The van der Waals surface area contributed by atoms with Crippen molar-refractivity contribution in [1.29, 1.82) is 0 Å². The van der Waals surface area contributed by atoms with Gasteiger partial charge >= 0.3 is 29.8 Å². The Balaban J connectivity index is 0.000000881. The molecule has 0 radical (unpaired) electrons. The molecule has 0 spiro atoms. The molecule has 0 saturated carbocycles. The number of hydrogen-bond acceptors (Lipinski definition) is 12. The number of aryl methyl sites for hydroxylation is 5. The molecule has 0 unspecified atom stereocenters. The average Bonchev–Trinajstić information content (AvgIpc) is 0.820. The van der Waals surface area contributed by atoms with Gasteiger partial charge in [0, 0.05) is 34.4 Å². The zero-order valence-electron chi connectivity index (χ0n) is 95.4. The minimum atomic E-state index is -0.791. The Morgan fingerprint density at radius 1 is 0.199 bits per heavy atom. The molecule has 0 bridgehead atoms. The normalized spacial score (nSPS) is 12.4. The molecule has 0 amide bonds. The number of unbranched alkanes of at least 4 members (excludes halogenated alkanes) is 18. The van der Waals surface area contributed by atoms with E-state index in [1.165, 1.54) is 135 Å². The minimum absolute atomic E-state index is 0.0204. The highest BCUT2D eigenvalue weighted by Crippen LogP contribution is 2.44. The lowest BCUT2D eigenvalue weighted by molar-refractivity contribution is -0.148. The first-order chi connectivity index (χ1) is 64.9. The van der Waals surface area contributed by atoms with Gasteiger partial charge in [-0.1, -0.05) is 244 Å². The van der Waals surface area contributed by atoms with Gasteiger partial charge in [-0.05, 0) is 403 Å². The fraction of sp³-hybridized carbons (Fsp3) is 0.718. The summed E-state index contributed by atoms with van der Waals surface area (Å²) in [5.41, 5.74) is 18.5. The van der Waals surface area contributed by atoms with E-state index in [0.717, 1.165) is 197 Å². The topological polar surface area (TPSA) is 328 Å². The van der Waals surface area contributed by atoms with Gasteiger partial charge in [-0.15, -0.1) is 0 Å². The van der Waals surface area contributed by atoms with Gasteiger partial charge in [0.1, 0.15) is 17.2 Å². The second-order valence-electron chi connectivity index (χ2n) is 51.2. The number of phenols is 7. The monoisotopic (exact) mass is 1970 g/mol. The molecule has 5 rings (SSSR count). The number of benzene rings is 5. The third-order valence-electron chi connectivity index (χ3n) is 29.2. The summed E-state index contributed by atoms with van der Waals surface area (Å²) in [5.74, 6) is -4.02. The maximum absolute atomic E-state index is 11.3. The molecule has 0 saturated heterocycles. The van der Waals surface area contributed by atoms with Crippen molar-refractivity contribution < 1.29 is 85.3 Å². The van der Waals surface area contributed by atoms with Crippen molar-refractivity contribution in [1.82, 2.24) is 0 Å². The minimum Gasteiger partial charge on any atom is -0.508 e. The molecule has 0 aliphatic rings. The van der Waals surface area contributed by atoms with Gasteiger partial charge in [-0.3, -0.25) is 24.0 Å². The Morgan fingerprint density at radius 3 is 0.652 bits per heavy atom. The van der Waals surface area contributed by atoms with Crippen LogP contribution in [0.3, 0.4) is 0 Å². The quantitative estimate of drug-likeness (QED) is 0.00977. The lowest BCUT2D eigenvalue weighted by atomic mass is 9.84. The van der Waals surface area contributed by atoms with Crippen LogP contribution in [0.25, 0.3) is 0 Å². The first-order valence-corrected chi connectivity index (χ1v) is 54.6. The Labute approximate surface area is 858 Å². The van der Waals surface area contributed by atoms with E-state index in [-0.39, 0.29) is 45.3 Å². The Morgan fingerprint density at radius 2 is 0.397 bits per heavy atom. The lowest BCUT2D eigenvalue weighted by Gasteiger charge is -2.21. The van der Waals surface area contributed by atoms with E-state index in [9.17, 15) is 85.3 Å². The van der Waals surface area contributed by atoms with E-state index in [0.29, 0.717) is 77.2 Å².